The lowest BCUT2D eigenvalue weighted by Gasteiger charge is -1.99. The Balaban J connectivity index is 2.74. The van der Waals surface area contributed by atoms with Crippen LogP contribution in [0.4, 0.5) is 0 Å². The number of pyridine rings is 1. The van der Waals surface area contributed by atoms with E-state index in [1.54, 1.807) is 19.5 Å². The van der Waals surface area contributed by atoms with E-state index in [1.807, 2.05) is 6.07 Å². The van der Waals surface area contributed by atoms with Gasteiger partial charge in [0.1, 0.15) is 0 Å². The number of methoxy groups -OCH3 is 1. The average Bonchev–Trinajstić information content (AvgIpc) is 2.06. The van der Waals surface area contributed by atoms with E-state index in [0.717, 1.165) is 11.1 Å². The van der Waals surface area contributed by atoms with Gasteiger partial charge in [-0.2, -0.15) is 0 Å². The minimum Gasteiger partial charge on any atom is -0.380 e. The summed E-state index contributed by atoms with van der Waals surface area (Å²) in [5.41, 5.74) is 2.09. The number of hydrogen-bond donors (Lipinski definition) is 0. The van der Waals surface area contributed by atoms with Crippen LogP contribution in [0, 0.1) is 0 Å². The van der Waals surface area contributed by atoms with Gasteiger partial charge in [0.05, 0.1) is 6.61 Å². The van der Waals surface area contributed by atoms with E-state index in [9.17, 15) is 0 Å². The first-order valence-corrected chi connectivity index (χ1v) is 3.88. The van der Waals surface area contributed by atoms with Crippen LogP contribution >= 0.6 is 11.6 Å². The summed E-state index contributed by atoms with van der Waals surface area (Å²) in [5.74, 6) is 0.505. The fourth-order valence-electron chi connectivity index (χ4n) is 0.860. The van der Waals surface area contributed by atoms with Crippen LogP contribution in [0.15, 0.2) is 18.5 Å². The van der Waals surface area contributed by atoms with Crippen molar-refractivity contribution in [1.29, 1.82) is 0 Å². The van der Waals surface area contributed by atoms with Gasteiger partial charge < -0.3 is 4.74 Å². The molecule has 1 aromatic heterocycles. The molecule has 1 aromatic rings. The van der Waals surface area contributed by atoms with Gasteiger partial charge in [-0.3, -0.25) is 4.98 Å². The van der Waals surface area contributed by atoms with Gasteiger partial charge >= 0.3 is 0 Å². The van der Waals surface area contributed by atoms with Crippen LogP contribution in [0.25, 0.3) is 0 Å². The van der Waals surface area contributed by atoms with Crippen molar-refractivity contribution in [2.45, 2.75) is 12.5 Å². The number of halogens is 1. The number of hydrogen-bond acceptors (Lipinski definition) is 2. The molecule has 2 nitrogen and oxygen atoms in total. The van der Waals surface area contributed by atoms with Gasteiger partial charge in [-0.05, 0) is 17.2 Å². The monoisotopic (exact) mass is 171 g/mol. The molecule has 0 spiro atoms. The summed E-state index contributed by atoms with van der Waals surface area (Å²) in [4.78, 5) is 4.01. The van der Waals surface area contributed by atoms with E-state index < -0.39 is 0 Å². The van der Waals surface area contributed by atoms with Gasteiger partial charge in [0.15, 0.2) is 0 Å². The highest BCUT2D eigenvalue weighted by Crippen LogP contribution is 2.05. The molecule has 0 fully saturated rings. The fraction of sp³-hybridized carbons (Fsp3) is 0.375. The standard InChI is InChI=1S/C8H10ClNO/c1-11-6-8-2-7(3-9)4-10-5-8/h2,4-5H,3,6H2,1H3. The van der Waals surface area contributed by atoms with Crippen molar-refractivity contribution >= 4 is 11.6 Å². The van der Waals surface area contributed by atoms with E-state index in [4.69, 9.17) is 16.3 Å². The topological polar surface area (TPSA) is 22.1 Å². The maximum absolute atomic E-state index is 5.62. The Labute approximate surface area is 71.2 Å². The van der Waals surface area contributed by atoms with E-state index >= 15 is 0 Å². The van der Waals surface area contributed by atoms with Crippen molar-refractivity contribution in [3.63, 3.8) is 0 Å². The van der Waals surface area contributed by atoms with Crippen LogP contribution in [-0.2, 0) is 17.2 Å². The summed E-state index contributed by atoms with van der Waals surface area (Å²) in [7, 11) is 1.66. The summed E-state index contributed by atoms with van der Waals surface area (Å²) in [6.45, 7) is 0.595. The Hall–Kier alpha value is -0.600. The van der Waals surface area contributed by atoms with Gasteiger partial charge in [0.2, 0.25) is 0 Å². The third-order valence-corrected chi connectivity index (χ3v) is 1.63. The second-order valence-electron chi connectivity index (χ2n) is 2.27. The Morgan fingerprint density at radius 1 is 1.45 bits per heavy atom. The Bertz CT molecular complexity index is 227. The van der Waals surface area contributed by atoms with Gasteiger partial charge in [-0.25, -0.2) is 0 Å². The normalized spacial score (nSPS) is 10.0. The van der Waals surface area contributed by atoms with Crippen molar-refractivity contribution in [3.05, 3.63) is 29.6 Å². The van der Waals surface area contributed by atoms with Gasteiger partial charge in [-0.15, -0.1) is 11.6 Å². The van der Waals surface area contributed by atoms with Crippen molar-refractivity contribution in [1.82, 2.24) is 4.98 Å². The number of aromatic nitrogens is 1. The van der Waals surface area contributed by atoms with Crippen LogP contribution in [0.2, 0.25) is 0 Å². The molecule has 3 heteroatoms. The second kappa shape index (κ2) is 4.31. The molecule has 0 radical (unpaired) electrons. The zero-order valence-electron chi connectivity index (χ0n) is 6.38. The van der Waals surface area contributed by atoms with Crippen LogP contribution < -0.4 is 0 Å². The molecule has 0 aromatic carbocycles. The second-order valence-corrected chi connectivity index (χ2v) is 2.54. The maximum Gasteiger partial charge on any atom is 0.0728 e. The predicted octanol–water partition coefficient (Wildman–Crippen LogP) is 1.97. The molecular weight excluding hydrogens is 162 g/mol. The molecule has 0 atom stereocenters. The van der Waals surface area contributed by atoms with Crippen molar-refractivity contribution < 1.29 is 4.74 Å². The zero-order valence-corrected chi connectivity index (χ0v) is 7.14. The van der Waals surface area contributed by atoms with Crippen LogP contribution in [-0.4, -0.2) is 12.1 Å². The Morgan fingerprint density at radius 3 is 2.82 bits per heavy atom. The van der Waals surface area contributed by atoms with Crippen LogP contribution in [0.3, 0.4) is 0 Å². The third kappa shape index (κ3) is 2.48. The van der Waals surface area contributed by atoms with Crippen molar-refractivity contribution in [2.75, 3.05) is 7.11 Å². The highest BCUT2D eigenvalue weighted by Gasteiger charge is 1.94. The summed E-state index contributed by atoms with van der Waals surface area (Å²) in [6, 6.07) is 1.99. The lowest BCUT2D eigenvalue weighted by atomic mass is 10.2. The molecule has 0 aliphatic carbocycles. The SMILES string of the molecule is COCc1cncc(CCl)c1. The average molecular weight is 172 g/mol. The molecule has 1 heterocycles. The summed E-state index contributed by atoms with van der Waals surface area (Å²) in [6.07, 6.45) is 3.53. The number of ether oxygens (including phenoxy) is 1. The Morgan fingerprint density at radius 2 is 2.18 bits per heavy atom. The van der Waals surface area contributed by atoms with E-state index in [2.05, 4.69) is 4.98 Å². The predicted molar refractivity (Wildman–Crippen MR) is 44.5 cm³/mol. The quantitative estimate of drug-likeness (QED) is 0.649. The number of nitrogens with zero attached hydrogens (tertiary/aromatic N) is 1. The smallest absolute Gasteiger partial charge is 0.0728 e. The largest absolute Gasteiger partial charge is 0.380 e. The van der Waals surface area contributed by atoms with Crippen molar-refractivity contribution in [3.8, 4) is 0 Å². The van der Waals surface area contributed by atoms with Gasteiger partial charge in [-0.1, -0.05) is 0 Å². The summed E-state index contributed by atoms with van der Waals surface area (Å²) in [5, 5.41) is 0. The van der Waals surface area contributed by atoms with Crippen molar-refractivity contribution in [2.24, 2.45) is 0 Å². The Kier molecular flexibility index (Phi) is 3.33. The summed E-state index contributed by atoms with van der Waals surface area (Å²) < 4.78 is 4.94. The molecule has 0 amide bonds. The maximum atomic E-state index is 5.62. The van der Waals surface area contributed by atoms with E-state index in [1.165, 1.54) is 0 Å². The first-order chi connectivity index (χ1) is 5.36. The number of rotatable bonds is 3. The number of alkyl halides is 1. The lowest BCUT2D eigenvalue weighted by molar-refractivity contribution is 0.184. The first-order valence-electron chi connectivity index (χ1n) is 3.34. The molecule has 0 aliphatic rings. The summed E-state index contributed by atoms with van der Waals surface area (Å²) >= 11 is 5.62. The van der Waals surface area contributed by atoms with Crippen LogP contribution in [0.5, 0.6) is 0 Å². The third-order valence-electron chi connectivity index (χ3n) is 1.32. The molecular formula is C8H10ClNO. The minimum absolute atomic E-state index is 0.505. The molecule has 0 saturated heterocycles. The zero-order chi connectivity index (χ0) is 8.10. The van der Waals surface area contributed by atoms with Gasteiger partial charge in [0.25, 0.3) is 0 Å². The molecule has 0 unspecified atom stereocenters. The first kappa shape index (κ1) is 8.50. The van der Waals surface area contributed by atoms with E-state index in [-0.39, 0.29) is 0 Å². The fourth-order valence-corrected chi connectivity index (χ4v) is 1.01. The van der Waals surface area contributed by atoms with Crippen LogP contribution in [0.1, 0.15) is 11.1 Å². The minimum atomic E-state index is 0.505. The molecule has 0 bridgehead atoms. The lowest BCUT2D eigenvalue weighted by Crippen LogP contribution is -1.90. The highest BCUT2D eigenvalue weighted by molar-refractivity contribution is 6.17. The molecule has 0 aliphatic heterocycles. The van der Waals surface area contributed by atoms with E-state index in [0.29, 0.717) is 12.5 Å². The molecule has 60 valence electrons. The molecule has 1 rings (SSSR count). The molecule has 0 N–H and O–H groups in total. The van der Waals surface area contributed by atoms with Gasteiger partial charge in [0, 0.05) is 25.4 Å². The molecule has 0 saturated carbocycles. The molecule has 11 heavy (non-hydrogen) atoms. The highest BCUT2D eigenvalue weighted by atomic mass is 35.5.